The third-order valence-corrected chi connectivity index (χ3v) is 4.15. The van der Waals surface area contributed by atoms with Crippen LogP contribution in [0.25, 0.3) is 0 Å². The van der Waals surface area contributed by atoms with Gasteiger partial charge in [-0.2, -0.15) is 11.8 Å². The lowest BCUT2D eigenvalue weighted by Gasteiger charge is -2.35. The summed E-state index contributed by atoms with van der Waals surface area (Å²) in [5.41, 5.74) is 5.78. The van der Waals surface area contributed by atoms with Crippen molar-refractivity contribution in [1.82, 2.24) is 4.90 Å². The van der Waals surface area contributed by atoms with Crippen LogP contribution >= 0.6 is 11.8 Å². The standard InChI is InChI=1S/C12H20N2O5S/c1-20-5-3-9(13)10(15)14-4-2-7(11(16)17)8(6-14)12(18)19/h7-9H,2-6,13H2,1H3,(H,16,17)(H,18,19)/t7?,8?,9-/m1/s1. The summed E-state index contributed by atoms with van der Waals surface area (Å²) in [6.45, 7) is 0.157. The van der Waals surface area contributed by atoms with E-state index >= 15 is 0 Å². The van der Waals surface area contributed by atoms with Crippen LogP contribution in [-0.4, -0.2) is 64.1 Å². The summed E-state index contributed by atoms with van der Waals surface area (Å²) < 4.78 is 0. The number of nitrogens with zero attached hydrogens (tertiary/aromatic N) is 1. The van der Waals surface area contributed by atoms with E-state index in [4.69, 9.17) is 15.9 Å². The number of rotatable bonds is 6. The molecule has 1 amide bonds. The zero-order valence-electron chi connectivity index (χ0n) is 11.3. The van der Waals surface area contributed by atoms with Crippen molar-refractivity contribution in [3.05, 3.63) is 0 Å². The van der Waals surface area contributed by atoms with E-state index in [0.717, 1.165) is 5.75 Å². The molecular weight excluding hydrogens is 284 g/mol. The van der Waals surface area contributed by atoms with Crippen LogP contribution in [0.15, 0.2) is 0 Å². The van der Waals surface area contributed by atoms with Gasteiger partial charge in [0.05, 0.1) is 17.9 Å². The van der Waals surface area contributed by atoms with Crippen LogP contribution in [-0.2, 0) is 14.4 Å². The number of piperidine rings is 1. The summed E-state index contributed by atoms with van der Waals surface area (Å²) >= 11 is 1.58. The molecule has 7 nitrogen and oxygen atoms in total. The predicted octanol–water partition coefficient (Wildman–Crippen LogP) is -0.299. The van der Waals surface area contributed by atoms with Crippen molar-refractivity contribution in [2.45, 2.75) is 18.9 Å². The molecule has 0 bridgehead atoms. The quantitative estimate of drug-likeness (QED) is 0.616. The second-order valence-electron chi connectivity index (χ2n) is 4.85. The smallest absolute Gasteiger partial charge is 0.309 e. The highest BCUT2D eigenvalue weighted by atomic mass is 32.2. The number of aliphatic carboxylic acids is 2. The summed E-state index contributed by atoms with van der Waals surface area (Å²) in [6.07, 6.45) is 2.58. The summed E-state index contributed by atoms with van der Waals surface area (Å²) in [7, 11) is 0. The lowest BCUT2D eigenvalue weighted by Crippen LogP contribution is -2.53. The van der Waals surface area contributed by atoms with Gasteiger partial charge >= 0.3 is 11.9 Å². The van der Waals surface area contributed by atoms with Gasteiger partial charge in [0, 0.05) is 13.1 Å². The van der Waals surface area contributed by atoms with Crippen molar-refractivity contribution in [1.29, 1.82) is 0 Å². The Morgan fingerprint density at radius 3 is 2.40 bits per heavy atom. The molecular formula is C12H20N2O5S. The van der Waals surface area contributed by atoms with E-state index in [1.165, 1.54) is 4.90 Å². The number of thioether (sulfide) groups is 1. The number of amides is 1. The normalized spacial score (nSPS) is 24.2. The van der Waals surface area contributed by atoms with E-state index in [0.29, 0.717) is 6.42 Å². The van der Waals surface area contributed by atoms with E-state index < -0.39 is 29.8 Å². The number of carboxylic acids is 2. The number of nitrogens with two attached hydrogens (primary N) is 1. The Morgan fingerprint density at radius 1 is 1.30 bits per heavy atom. The number of carbonyl (C=O) groups excluding carboxylic acids is 1. The number of carboxylic acid groups (broad SMARTS) is 2. The zero-order chi connectivity index (χ0) is 15.3. The van der Waals surface area contributed by atoms with E-state index in [-0.39, 0.29) is 25.4 Å². The van der Waals surface area contributed by atoms with Gasteiger partial charge in [0.15, 0.2) is 0 Å². The molecule has 0 spiro atoms. The molecule has 0 saturated carbocycles. The molecule has 4 N–H and O–H groups in total. The molecule has 1 heterocycles. The molecule has 0 aromatic carbocycles. The molecule has 1 saturated heterocycles. The molecule has 1 aliphatic heterocycles. The van der Waals surface area contributed by atoms with Crippen LogP contribution in [0.4, 0.5) is 0 Å². The highest BCUT2D eigenvalue weighted by molar-refractivity contribution is 7.98. The summed E-state index contributed by atoms with van der Waals surface area (Å²) in [4.78, 5) is 35.6. The van der Waals surface area contributed by atoms with E-state index in [1.54, 1.807) is 11.8 Å². The molecule has 0 aliphatic carbocycles. The SMILES string of the molecule is CSCC[C@@H](N)C(=O)N1CCC(C(=O)O)C(C(=O)O)C1. The van der Waals surface area contributed by atoms with Gasteiger partial charge in [-0.1, -0.05) is 0 Å². The minimum atomic E-state index is -1.19. The Bertz CT molecular complexity index is 390. The average molecular weight is 304 g/mol. The molecule has 1 rings (SSSR count). The largest absolute Gasteiger partial charge is 0.481 e. The highest BCUT2D eigenvalue weighted by Crippen LogP contribution is 2.25. The van der Waals surface area contributed by atoms with Crippen LogP contribution in [0.5, 0.6) is 0 Å². The summed E-state index contributed by atoms with van der Waals surface area (Å²) in [6, 6.07) is -0.654. The molecule has 3 atom stereocenters. The van der Waals surface area contributed by atoms with Crippen molar-refractivity contribution >= 4 is 29.6 Å². The van der Waals surface area contributed by atoms with Crippen LogP contribution < -0.4 is 5.73 Å². The second kappa shape index (κ2) is 7.49. The third kappa shape index (κ3) is 4.11. The molecule has 1 aliphatic rings. The van der Waals surface area contributed by atoms with Gasteiger partial charge in [0.2, 0.25) is 5.91 Å². The van der Waals surface area contributed by atoms with Gasteiger partial charge in [-0.3, -0.25) is 14.4 Å². The van der Waals surface area contributed by atoms with Crippen LogP contribution in [0.1, 0.15) is 12.8 Å². The first-order valence-corrected chi connectivity index (χ1v) is 7.76. The number of likely N-dealkylation sites (tertiary alicyclic amines) is 1. The first-order chi connectivity index (χ1) is 9.38. The number of carbonyl (C=O) groups is 3. The van der Waals surface area contributed by atoms with Gasteiger partial charge in [-0.25, -0.2) is 0 Å². The van der Waals surface area contributed by atoms with Gasteiger partial charge in [-0.15, -0.1) is 0 Å². The fourth-order valence-corrected chi connectivity index (χ4v) is 2.79. The Kier molecular flexibility index (Phi) is 6.28. The first kappa shape index (κ1) is 16.8. The first-order valence-electron chi connectivity index (χ1n) is 6.37. The zero-order valence-corrected chi connectivity index (χ0v) is 12.1. The molecule has 20 heavy (non-hydrogen) atoms. The topological polar surface area (TPSA) is 121 Å². The van der Waals surface area contributed by atoms with E-state index in [2.05, 4.69) is 0 Å². The number of hydrogen-bond acceptors (Lipinski definition) is 5. The molecule has 0 radical (unpaired) electrons. The van der Waals surface area contributed by atoms with Gasteiger partial charge in [0.25, 0.3) is 0 Å². The highest BCUT2D eigenvalue weighted by Gasteiger charge is 2.40. The fourth-order valence-electron chi connectivity index (χ4n) is 2.30. The summed E-state index contributed by atoms with van der Waals surface area (Å²) in [5, 5.41) is 18.1. The Labute approximate surface area is 121 Å². The maximum absolute atomic E-state index is 12.1. The van der Waals surface area contributed by atoms with E-state index in [1.807, 2.05) is 6.26 Å². The minimum absolute atomic E-state index is 0.0852. The maximum atomic E-state index is 12.1. The third-order valence-electron chi connectivity index (χ3n) is 3.51. The Morgan fingerprint density at radius 2 is 1.90 bits per heavy atom. The summed E-state index contributed by atoms with van der Waals surface area (Å²) in [5.74, 6) is -3.88. The Balaban J connectivity index is 2.68. The van der Waals surface area contributed by atoms with Crippen molar-refractivity contribution in [2.24, 2.45) is 17.6 Å². The van der Waals surface area contributed by atoms with Crippen LogP contribution in [0.3, 0.4) is 0 Å². The van der Waals surface area contributed by atoms with Crippen molar-refractivity contribution < 1.29 is 24.6 Å². The van der Waals surface area contributed by atoms with Crippen molar-refractivity contribution in [3.8, 4) is 0 Å². The van der Waals surface area contributed by atoms with Gasteiger partial charge < -0.3 is 20.8 Å². The second-order valence-corrected chi connectivity index (χ2v) is 5.84. The molecule has 0 aromatic rings. The monoisotopic (exact) mass is 304 g/mol. The lowest BCUT2D eigenvalue weighted by atomic mass is 9.85. The van der Waals surface area contributed by atoms with Crippen LogP contribution in [0.2, 0.25) is 0 Å². The Hall–Kier alpha value is -1.28. The fraction of sp³-hybridized carbons (Fsp3) is 0.750. The molecule has 1 fully saturated rings. The van der Waals surface area contributed by atoms with Crippen LogP contribution in [0, 0.1) is 11.8 Å². The molecule has 8 heteroatoms. The molecule has 114 valence electrons. The minimum Gasteiger partial charge on any atom is -0.481 e. The van der Waals surface area contributed by atoms with E-state index in [9.17, 15) is 14.4 Å². The average Bonchev–Trinajstić information content (AvgIpc) is 2.42. The molecule has 0 aromatic heterocycles. The maximum Gasteiger partial charge on any atom is 0.309 e. The lowest BCUT2D eigenvalue weighted by molar-refractivity contribution is -0.159. The predicted molar refractivity (Wildman–Crippen MR) is 74.4 cm³/mol. The van der Waals surface area contributed by atoms with Gasteiger partial charge in [-0.05, 0) is 24.9 Å². The molecule has 2 unspecified atom stereocenters. The van der Waals surface area contributed by atoms with Gasteiger partial charge in [0.1, 0.15) is 0 Å². The number of hydrogen-bond donors (Lipinski definition) is 3. The van der Waals surface area contributed by atoms with Crippen molar-refractivity contribution in [3.63, 3.8) is 0 Å². The van der Waals surface area contributed by atoms with Crippen molar-refractivity contribution in [2.75, 3.05) is 25.1 Å².